The highest BCUT2D eigenvalue weighted by Crippen LogP contribution is 2.38. The molecule has 1 aromatic carbocycles. The second-order valence-corrected chi connectivity index (χ2v) is 12.1. The van der Waals surface area contributed by atoms with Gasteiger partial charge in [-0.2, -0.15) is 0 Å². The van der Waals surface area contributed by atoms with Gasteiger partial charge in [0.15, 0.2) is 29.8 Å². The highest BCUT2D eigenvalue weighted by Gasteiger charge is 2.43. The monoisotopic (exact) mass is 595 g/mol. The predicted octanol–water partition coefficient (Wildman–Crippen LogP) is 6.18. The molecule has 2 aliphatic rings. The average molecular weight is 596 g/mol. The van der Waals surface area contributed by atoms with Crippen LogP contribution in [0.25, 0.3) is 33.4 Å². The number of halogens is 2. The highest BCUT2D eigenvalue weighted by molar-refractivity contribution is 5.87. The standard InChI is InChI=1S/C31H35F2N5O5/c1-17-34-28-25(42-17)14-21(29(27(28)33)41-16-40-5)22-6-7-24-23(35-22)8-9-26(36-24)37-11-10-19(15-37)38(20-12-18(32)13-20)30(39)43-31(2,3)4/h6-9,14,18-20H,10-13,15-16H2,1-5H3. The number of aromatic nitrogens is 3. The lowest BCUT2D eigenvalue weighted by Gasteiger charge is -2.43. The fourth-order valence-electron chi connectivity index (χ4n) is 5.73. The zero-order valence-corrected chi connectivity index (χ0v) is 24.9. The topological polar surface area (TPSA) is 103 Å². The number of hydrogen-bond donors (Lipinski definition) is 0. The van der Waals surface area contributed by atoms with Crippen molar-refractivity contribution < 1.29 is 32.2 Å². The molecule has 6 rings (SSSR count). The summed E-state index contributed by atoms with van der Waals surface area (Å²) in [5.74, 6) is 0.413. The summed E-state index contributed by atoms with van der Waals surface area (Å²) in [6.07, 6.45) is 0.117. The lowest BCUT2D eigenvalue weighted by atomic mass is 9.88. The molecule has 3 aromatic heterocycles. The highest BCUT2D eigenvalue weighted by atomic mass is 19.1. The van der Waals surface area contributed by atoms with Gasteiger partial charge < -0.3 is 28.4 Å². The van der Waals surface area contributed by atoms with E-state index in [1.165, 1.54) is 7.11 Å². The van der Waals surface area contributed by atoms with E-state index in [0.717, 1.165) is 12.2 Å². The van der Waals surface area contributed by atoms with Crippen LogP contribution < -0.4 is 9.64 Å². The second kappa shape index (κ2) is 11.2. The van der Waals surface area contributed by atoms with Gasteiger partial charge in [0.05, 0.1) is 22.8 Å². The molecule has 4 aromatic rings. The van der Waals surface area contributed by atoms with Crippen LogP contribution in [-0.2, 0) is 9.47 Å². The molecule has 1 aliphatic carbocycles. The SMILES string of the molecule is COCOc1c(-c2ccc3nc(N4CCC(N(C(=O)OC(C)(C)C)C5CC(F)C5)C4)ccc3n2)cc2oc(C)nc2c1F. The molecule has 1 aliphatic heterocycles. The maximum absolute atomic E-state index is 15.4. The number of methoxy groups -OCH3 is 1. The van der Waals surface area contributed by atoms with Crippen LogP contribution in [0.5, 0.6) is 5.75 Å². The van der Waals surface area contributed by atoms with Gasteiger partial charge in [0.2, 0.25) is 0 Å². The van der Waals surface area contributed by atoms with Gasteiger partial charge in [-0.1, -0.05) is 0 Å². The van der Waals surface area contributed by atoms with Crippen LogP contribution in [0.15, 0.2) is 34.7 Å². The van der Waals surface area contributed by atoms with Gasteiger partial charge in [0.1, 0.15) is 23.1 Å². The molecule has 228 valence electrons. The Morgan fingerprint density at radius 3 is 2.58 bits per heavy atom. The van der Waals surface area contributed by atoms with E-state index >= 15 is 4.39 Å². The normalized spacial score (nSPS) is 20.4. The van der Waals surface area contributed by atoms with Gasteiger partial charge in [-0.15, -0.1) is 0 Å². The Labute approximate surface area is 247 Å². The van der Waals surface area contributed by atoms with E-state index in [4.69, 9.17) is 28.6 Å². The van der Waals surface area contributed by atoms with Gasteiger partial charge >= 0.3 is 6.09 Å². The van der Waals surface area contributed by atoms with E-state index in [-0.39, 0.29) is 35.7 Å². The summed E-state index contributed by atoms with van der Waals surface area (Å²) in [6, 6.07) is 8.71. The molecule has 10 nitrogen and oxygen atoms in total. The van der Waals surface area contributed by atoms with Gasteiger partial charge in [-0.3, -0.25) is 0 Å². The van der Waals surface area contributed by atoms with Crippen molar-refractivity contribution in [2.75, 3.05) is 31.9 Å². The van der Waals surface area contributed by atoms with Crippen molar-refractivity contribution in [3.63, 3.8) is 0 Å². The Kier molecular flexibility index (Phi) is 7.57. The number of benzene rings is 1. The van der Waals surface area contributed by atoms with Crippen molar-refractivity contribution in [1.82, 2.24) is 19.9 Å². The van der Waals surface area contributed by atoms with Gasteiger partial charge in [0, 0.05) is 38.7 Å². The Balaban J connectivity index is 1.25. The van der Waals surface area contributed by atoms with E-state index in [0.29, 0.717) is 54.1 Å². The zero-order chi connectivity index (χ0) is 30.5. The Hall–Kier alpha value is -4.06. The molecular formula is C31H35F2N5O5. The second-order valence-electron chi connectivity index (χ2n) is 12.1. The third kappa shape index (κ3) is 5.80. The Morgan fingerprint density at radius 1 is 1.12 bits per heavy atom. The molecule has 1 atom stereocenters. The van der Waals surface area contributed by atoms with E-state index in [2.05, 4.69) is 9.88 Å². The summed E-state index contributed by atoms with van der Waals surface area (Å²) in [5, 5.41) is 0. The van der Waals surface area contributed by atoms with E-state index < -0.39 is 23.7 Å². The van der Waals surface area contributed by atoms with Gasteiger partial charge in [0.25, 0.3) is 0 Å². The van der Waals surface area contributed by atoms with Crippen LogP contribution in [0.3, 0.4) is 0 Å². The third-order valence-corrected chi connectivity index (χ3v) is 7.75. The molecule has 0 spiro atoms. The van der Waals surface area contributed by atoms with Gasteiger partial charge in [-0.05, 0) is 70.4 Å². The number of aryl methyl sites for hydroxylation is 1. The zero-order valence-electron chi connectivity index (χ0n) is 24.9. The number of ether oxygens (including phenoxy) is 3. The van der Waals surface area contributed by atoms with Crippen molar-refractivity contribution >= 4 is 34.0 Å². The molecule has 0 radical (unpaired) electrons. The molecule has 1 unspecified atom stereocenters. The van der Waals surface area contributed by atoms with E-state index in [9.17, 15) is 9.18 Å². The molecule has 12 heteroatoms. The van der Waals surface area contributed by atoms with E-state index in [1.807, 2.05) is 39.0 Å². The molecule has 1 saturated carbocycles. The molecule has 1 saturated heterocycles. The lowest BCUT2D eigenvalue weighted by Crippen LogP contribution is -2.55. The molecular weight excluding hydrogens is 560 g/mol. The lowest BCUT2D eigenvalue weighted by molar-refractivity contribution is -0.0178. The first-order valence-corrected chi connectivity index (χ1v) is 14.4. The number of rotatable bonds is 7. The maximum atomic E-state index is 15.4. The summed E-state index contributed by atoms with van der Waals surface area (Å²) in [5.41, 5.74) is 1.88. The predicted molar refractivity (Wildman–Crippen MR) is 156 cm³/mol. The molecule has 0 bridgehead atoms. The molecule has 1 amide bonds. The smallest absolute Gasteiger partial charge is 0.410 e. The minimum Gasteiger partial charge on any atom is -0.464 e. The van der Waals surface area contributed by atoms with Crippen molar-refractivity contribution in [3.05, 3.63) is 42.0 Å². The van der Waals surface area contributed by atoms with Crippen LogP contribution in [0.2, 0.25) is 0 Å². The third-order valence-electron chi connectivity index (χ3n) is 7.75. The average Bonchev–Trinajstić information content (AvgIpc) is 3.57. The summed E-state index contributed by atoms with van der Waals surface area (Å²) < 4.78 is 51.1. The number of pyridine rings is 2. The fraction of sp³-hybridized carbons (Fsp3) is 0.484. The number of alkyl halides is 1. The Morgan fingerprint density at radius 2 is 1.86 bits per heavy atom. The number of nitrogens with zero attached hydrogens (tertiary/aromatic N) is 5. The number of carbonyl (C=O) groups excluding carboxylic acids is 1. The van der Waals surface area contributed by atoms with Crippen molar-refractivity contribution in [2.45, 2.75) is 70.8 Å². The van der Waals surface area contributed by atoms with Crippen molar-refractivity contribution in [1.29, 1.82) is 0 Å². The van der Waals surface area contributed by atoms with Crippen LogP contribution >= 0.6 is 0 Å². The fourth-order valence-corrected chi connectivity index (χ4v) is 5.73. The molecule has 2 fully saturated rings. The number of hydrogen-bond acceptors (Lipinski definition) is 9. The minimum atomic E-state index is -0.882. The number of carbonyl (C=O) groups is 1. The summed E-state index contributed by atoms with van der Waals surface area (Å²) in [7, 11) is 1.46. The summed E-state index contributed by atoms with van der Waals surface area (Å²) >= 11 is 0. The van der Waals surface area contributed by atoms with Crippen LogP contribution in [0, 0.1) is 12.7 Å². The Bertz CT molecular complexity index is 1670. The summed E-state index contributed by atoms with van der Waals surface area (Å²) in [6.45, 7) is 8.25. The largest absolute Gasteiger partial charge is 0.464 e. The molecule has 4 heterocycles. The number of amides is 1. The first kappa shape index (κ1) is 29.0. The number of anilines is 1. The van der Waals surface area contributed by atoms with Crippen molar-refractivity contribution in [2.24, 2.45) is 0 Å². The first-order valence-electron chi connectivity index (χ1n) is 14.4. The van der Waals surface area contributed by atoms with Crippen LogP contribution in [0.4, 0.5) is 19.4 Å². The van der Waals surface area contributed by atoms with Gasteiger partial charge in [-0.25, -0.2) is 28.5 Å². The van der Waals surface area contributed by atoms with Crippen LogP contribution in [-0.4, -0.2) is 76.8 Å². The number of oxazole rings is 1. The van der Waals surface area contributed by atoms with E-state index in [1.54, 1.807) is 24.0 Å². The summed E-state index contributed by atoms with van der Waals surface area (Å²) in [4.78, 5) is 30.7. The quantitative estimate of drug-likeness (QED) is 0.232. The molecule has 0 N–H and O–H groups in total. The van der Waals surface area contributed by atoms with Crippen molar-refractivity contribution in [3.8, 4) is 17.0 Å². The molecule has 43 heavy (non-hydrogen) atoms. The minimum absolute atomic E-state index is 0.0257. The number of fused-ring (bicyclic) bond motifs is 2. The maximum Gasteiger partial charge on any atom is 0.410 e. The van der Waals surface area contributed by atoms with Crippen LogP contribution in [0.1, 0.15) is 45.9 Å². The first-order chi connectivity index (χ1) is 20.5.